The molecule has 3 heteroatoms. The van der Waals surface area contributed by atoms with E-state index in [1.807, 2.05) is 13.1 Å². The predicted molar refractivity (Wildman–Crippen MR) is 81.6 cm³/mol. The number of hydrogen-bond acceptors (Lipinski definition) is 3. The average molecular weight is 261 g/mol. The molecule has 1 aromatic heterocycles. The van der Waals surface area contributed by atoms with Crippen LogP contribution in [0.1, 0.15) is 39.8 Å². The van der Waals surface area contributed by atoms with Gasteiger partial charge in [0.1, 0.15) is 0 Å². The van der Waals surface area contributed by atoms with Crippen molar-refractivity contribution in [1.29, 1.82) is 0 Å². The number of anilines is 1. The molecule has 3 nitrogen and oxygen atoms in total. The first-order chi connectivity index (χ1) is 8.95. The Labute approximate surface area is 117 Å². The third-order valence-electron chi connectivity index (χ3n) is 4.43. The molecule has 0 aromatic carbocycles. The summed E-state index contributed by atoms with van der Waals surface area (Å²) in [7, 11) is 0. The standard InChI is InChI=1S/C16H27N3/c1-6-16(5)11-19(15(10-18-16)12(2)3)14-8-7-13(4)17-9-14/h7-9,12,15,18H,6,10-11H2,1-5H3. The number of aryl methyl sites for hydroxylation is 1. The van der Waals surface area contributed by atoms with E-state index >= 15 is 0 Å². The maximum Gasteiger partial charge on any atom is 0.0556 e. The first kappa shape index (κ1) is 14.3. The molecule has 1 aromatic rings. The zero-order valence-corrected chi connectivity index (χ0v) is 12.9. The van der Waals surface area contributed by atoms with E-state index in [0.29, 0.717) is 12.0 Å². The van der Waals surface area contributed by atoms with Crippen LogP contribution in [0.25, 0.3) is 0 Å². The molecular formula is C16H27N3. The fraction of sp³-hybridized carbons (Fsp3) is 0.688. The van der Waals surface area contributed by atoms with E-state index in [-0.39, 0.29) is 5.54 Å². The normalized spacial score (nSPS) is 27.9. The van der Waals surface area contributed by atoms with Crippen molar-refractivity contribution in [1.82, 2.24) is 10.3 Å². The van der Waals surface area contributed by atoms with Crippen molar-refractivity contribution < 1.29 is 0 Å². The third kappa shape index (κ3) is 3.08. The molecule has 106 valence electrons. The average Bonchev–Trinajstić information content (AvgIpc) is 2.39. The number of hydrogen-bond donors (Lipinski definition) is 1. The van der Waals surface area contributed by atoms with Crippen LogP contribution in [0.3, 0.4) is 0 Å². The lowest BCUT2D eigenvalue weighted by molar-refractivity contribution is 0.253. The van der Waals surface area contributed by atoms with Gasteiger partial charge in [0.2, 0.25) is 0 Å². The maximum atomic E-state index is 4.46. The van der Waals surface area contributed by atoms with Crippen LogP contribution >= 0.6 is 0 Å². The minimum atomic E-state index is 0.205. The van der Waals surface area contributed by atoms with Gasteiger partial charge in [0.15, 0.2) is 0 Å². The summed E-state index contributed by atoms with van der Waals surface area (Å²) in [5.74, 6) is 0.634. The van der Waals surface area contributed by atoms with Gasteiger partial charge in [0.25, 0.3) is 0 Å². The molecule has 1 aliphatic heterocycles. The Hall–Kier alpha value is -1.09. The van der Waals surface area contributed by atoms with E-state index in [1.54, 1.807) is 0 Å². The molecule has 1 N–H and O–H groups in total. The second-order valence-corrected chi connectivity index (χ2v) is 6.39. The summed E-state index contributed by atoms with van der Waals surface area (Å²) in [6.07, 6.45) is 3.17. The van der Waals surface area contributed by atoms with Crippen LogP contribution < -0.4 is 10.2 Å². The number of pyridine rings is 1. The highest BCUT2D eigenvalue weighted by Gasteiger charge is 2.35. The van der Waals surface area contributed by atoms with Crippen molar-refractivity contribution in [3.05, 3.63) is 24.0 Å². The molecule has 0 radical (unpaired) electrons. The number of nitrogens with one attached hydrogen (secondary N) is 1. The highest BCUT2D eigenvalue weighted by atomic mass is 15.3. The third-order valence-corrected chi connectivity index (χ3v) is 4.43. The molecular weight excluding hydrogens is 234 g/mol. The van der Waals surface area contributed by atoms with Gasteiger partial charge in [-0.1, -0.05) is 20.8 Å². The van der Waals surface area contributed by atoms with Crippen LogP contribution in [0.4, 0.5) is 5.69 Å². The van der Waals surface area contributed by atoms with Crippen molar-refractivity contribution in [3.8, 4) is 0 Å². The second-order valence-electron chi connectivity index (χ2n) is 6.39. The number of piperazine rings is 1. The summed E-state index contributed by atoms with van der Waals surface area (Å²) < 4.78 is 0. The van der Waals surface area contributed by atoms with Gasteiger partial charge in [-0.05, 0) is 38.3 Å². The quantitative estimate of drug-likeness (QED) is 0.906. The monoisotopic (exact) mass is 261 g/mol. The fourth-order valence-electron chi connectivity index (χ4n) is 2.76. The smallest absolute Gasteiger partial charge is 0.0556 e. The van der Waals surface area contributed by atoms with Crippen molar-refractivity contribution >= 4 is 5.69 Å². The van der Waals surface area contributed by atoms with Gasteiger partial charge < -0.3 is 10.2 Å². The van der Waals surface area contributed by atoms with Crippen LogP contribution in [0.5, 0.6) is 0 Å². The van der Waals surface area contributed by atoms with Crippen molar-refractivity contribution in [2.45, 2.75) is 52.6 Å². The lowest BCUT2D eigenvalue weighted by atomic mass is 9.89. The molecule has 19 heavy (non-hydrogen) atoms. The molecule has 1 fully saturated rings. The Morgan fingerprint density at radius 2 is 2.21 bits per heavy atom. The Kier molecular flexibility index (Phi) is 4.14. The molecule has 1 aliphatic rings. The van der Waals surface area contributed by atoms with Crippen molar-refractivity contribution in [2.24, 2.45) is 5.92 Å². The zero-order chi connectivity index (χ0) is 14.0. The van der Waals surface area contributed by atoms with Gasteiger partial charge >= 0.3 is 0 Å². The van der Waals surface area contributed by atoms with Gasteiger partial charge in [0.05, 0.1) is 11.9 Å². The molecule has 0 spiro atoms. The molecule has 2 rings (SSSR count). The summed E-state index contributed by atoms with van der Waals surface area (Å²) in [6.45, 7) is 13.3. The SMILES string of the molecule is CCC1(C)CN(c2ccc(C)nc2)C(C(C)C)CN1. The van der Waals surface area contributed by atoms with E-state index in [9.17, 15) is 0 Å². The summed E-state index contributed by atoms with van der Waals surface area (Å²) >= 11 is 0. The van der Waals surface area contributed by atoms with E-state index in [4.69, 9.17) is 0 Å². The summed E-state index contributed by atoms with van der Waals surface area (Å²) in [4.78, 5) is 7.00. The summed E-state index contributed by atoms with van der Waals surface area (Å²) in [5, 5.41) is 3.73. The van der Waals surface area contributed by atoms with Crippen molar-refractivity contribution in [3.63, 3.8) is 0 Å². The van der Waals surface area contributed by atoms with Crippen LogP contribution in [0.2, 0.25) is 0 Å². The molecule has 2 heterocycles. The first-order valence-electron chi connectivity index (χ1n) is 7.39. The highest BCUT2D eigenvalue weighted by Crippen LogP contribution is 2.27. The summed E-state index contributed by atoms with van der Waals surface area (Å²) in [5.41, 5.74) is 2.54. The lowest BCUT2D eigenvalue weighted by Crippen LogP contribution is -2.64. The number of nitrogens with zero attached hydrogens (tertiary/aromatic N) is 2. The van der Waals surface area contributed by atoms with Crippen LogP contribution in [-0.4, -0.2) is 29.7 Å². The molecule has 1 saturated heterocycles. The van der Waals surface area contributed by atoms with Gasteiger partial charge in [-0.25, -0.2) is 0 Å². The molecule has 0 bridgehead atoms. The highest BCUT2D eigenvalue weighted by molar-refractivity contribution is 5.47. The van der Waals surface area contributed by atoms with Crippen LogP contribution in [0, 0.1) is 12.8 Å². The largest absolute Gasteiger partial charge is 0.364 e. The van der Waals surface area contributed by atoms with Crippen LogP contribution in [-0.2, 0) is 0 Å². The van der Waals surface area contributed by atoms with Gasteiger partial charge in [0, 0.05) is 30.4 Å². The van der Waals surface area contributed by atoms with E-state index in [0.717, 1.165) is 25.2 Å². The van der Waals surface area contributed by atoms with E-state index in [1.165, 1.54) is 5.69 Å². The molecule has 2 atom stereocenters. The Morgan fingerprint density at radius 3 is 2.74 bits per heavy atom. The Bertz CT molecular complexity index is 413. The van der Waals surface area contributed by atoms with Crippen LogP contribution in [0.15, 0.2) is 18.3 Å². The number of rotatable bonds is 3. The van der Waals surface area contributed by atoms with Crippen molar-refractivity contribution in [2.75, 3.05) is 18.0 Å². The Balaban J connectivity index is 2.27. The molecule has 2 unspecified atom stereocenters. The van der Waals surface area contributed by atoms with Gasteiger partial charge in [-0.15, -0.1) is 0 Å². The molecule has 0 amide bonds. The van der Waals surface area contributed by atoms with Gasteiger partial charge in [-0.3, -0.25) is 4.98 Å². The fourth-order valence-corrected chi connectivity index (χ4v) is 2.76. The van der Waals surface area contributed by atoms with E-state index in [2.05, 4.69) is 55.0 Å². The second kappa shape index (κ2) is 5.49. The lowest BCUT2D eigenvalue weighted by Gasteiger charge is -2.48. The number of aromatic nitrogens is 1. The zero-order valence-electron chi connectivity index (χ0n) is 12.9. The minimum absolute atomic E-state index is 0.205. The predicted octanol–water partition coefficient (Wildman–Crippen LogP) is 2.99. The summed E-state index contributed by atoms with van der Waals surface area (Å²) in [6, 6.07) is 4.86. The molecule has 0 saturated carbocycles. The topological polar surface area (TPSA) is 28.2 Å². The minimum Gasteiger partial charge on any atom is -0.364 e. The first-order valence-corrected chi connectivity index (χ1v) is 7.39. The Morgan fingerprint density at radius 1 is 1.47 bits per heavy atom. The molecule has 0 aliphatic carbocycles. The van der Waals surface area contributed by atoms with E-state index < -0.39 is 0 Å². The van der Waals surface area contributed by atoms with Gasteiger partial charge in [-0.2, -0.15) is 0 Å². The maximum absolute atomic E-state index is 4.46.